The number of Topliss-reactive ketones (excluding diaryl/α,β-unsaturated/α-hetero) is 1. The number of aromatic nitrogens is 3. The summed E-state index contributed by atoms with van der Waals surface area (Å²) in [6.45, 7) is 2.14. The minimum absolute atomic E-state index is 0.0271. The lowest BCUT2D eigenvalue weighted by Crippen LogP contribution is -2.06. The van der Waals surface area contributed by atoms with Crippen molar-refractivity contribution in [2.75, 3.05) is 0 Å². The zero-order chi connectivity index (χ0) is 15.1. The third-order valence-electron chi connectivity index (χ3n) is 2.84. The van der Waals surface area contributed by atoms with E-state index < -0.39 is 5.97 Å². The number of hydrogen-bond acceptors (Lipinski definition) is 5. The number of rotatable bonds is 7. The van der Waals surface area contributed by atoms with Gasteiger partial charge in [0.1, 0.15) is 18.1 Å². The van der Waals surface area contributed by atoms with Gasteiger partial charge in [-0.25, -0.2) is 4.68 Å². The molecule has 1 heterocycles. The lowest BCUT2D eigenvalue weighted by molar-refractivity contribution is -0.146. The molecular formula is C15H17N3O3. The largest absolute Gasteiger partial charge is 0.459 e. The van der Waals surface area contributed by atoms with Gasteiger partial charge in [0, 0.05) is 6.42 Å². The second kappa shape index (κ2) is 7.33. The van der Waals surface area contributed by atoms with Crippen molar-refractivity contribution in [2.24, 2.45) is 0 Å². The van der Waals surface area contributed by atoms with E-state index in [2.05, 4.69) is 10.3 Å². The van der Waals surface area contributed by atoms with Gasteiger partial charge in [0.25, 0.3) is 0 Å². The van der Waals surface area contributed by atoms with Gasteiger partial charge in [0.15, 0.2) is 0 Å². The second-order valence-electron chi connectivity index (χ2n) is 4.76. The lowest BCUT2D eigenvalue weighted by atomic mass is 10.2. The Hall–Kier alpha value is -2.50. The summed E-state index contributed by atoms with van der Waals surface area (Å²) in [5, 5.41) is 7.93. The number of esters is 1. The highest BCUT2D eigenvalue weighted by Gasteiger charge is 2.07. The van der Waals surface area contributed by atoms with Gasteiger partial charge >= 0.3 is 5.97 Å². The molecule has 0 fully saturated rings. The average molecular weight is 287 g/mol. The van der Waals surface area contributed by atoms with Crippen LogP contribution in [0.4, 0.5) is 0 Å². The van der Waals surface area contributed by atoms with Crippen molar-refractivity contribution in [3.63, 3.8) is 0 Å². The standard InChI is InChI=1S/C15H17N3O3/c1-12(19)7-8-15(20)21-11-14-10-18(17-16-14)9-13-5-3-2-4-6-13/h2-6,10H,7-9,11H2,1H3. The smallest absolute Gasteiger partial charge is 0.306 e. The first-order valence-corrected chi connectivity index (χ1v) is 6.71. The van der Waals surface area contributed by atoms with Crippen LogP contribution in [-0.2, 0) is 27.5 Å². The van der Waals surface area contributed by atoms with E-state index in [4.69, 9.17) is 4.74 Å². The Bertz CT molecular complexity index is 608. The molecule has 0 saturated carbocycles. The summed E-state index contributed by atoms with van der Waals surface area (Å²) in [5.41, 5.74) is 1.70. The first-order valence-electron chi connectivity index (χ1n) is 6.71. The Labute approximate surface area is 122 Å². The molecule has 0 atom stereocenters. The first kappa shape index (κ1) is 14.9. The summed E-state index contributed by atoms with van der Waals surface area (Å²) in [5.74, 6) is -0.427. The van der Waals surface area contributed by atoms with Gasteiger partial charge in [-0.3, -0.25) is 4.79 Å². The van der Waals surface area contributed by atoms with Crippen LogP contribution in [0.2, 0.25) is 0 Å². The van der Waals surface area contributed by atoms with E-state index >= 15 is 0 Å². The molecular weight excluding hydrogens is 270 g/mol. The second-order valence-corrected chi connectivity index (χ2v) is 4.76. The number of nitrogens with zero attached hydrogens (tertiary/aromatic N) is 3. The maximum absolute atomic E-state index is 11.4. The zero-order valence-electron chi connectivity index (χ0n) is 11.9. The van der Waals surface area contributed by atoms with Gasteiger partial charge < -0.3 is 9.53 Å². The van der Waals surface area contributed by atoms with Crippen LogP contribution in [0.25, 0.3) is 0 Å². The van der Waals surface area contributed by atoms with Crippen LogP contribution in [0.3, 0.4) is 0 Å². The van der Waals surface area contributed by atoms with Crippen LogP contribution in [0.15, 0.2) is 36.5 Å². The summed E-state index contributed by atoms with van der Waals surface area (Å²) in [7, 11) is 0. The Morgan fingerprint density at radius 1 is 1.19 bits per heavy atom. The molecule has 2 aromatic rings. The summed E-state index contributed by atoms with van der Waals surface area (Å²) in [6.07, 6.45) is 2.05. The van der Waals surface area contributed by atoms with E-state index in [0.717, 1.165) is 5.56 Å². The van der Waals surface area contributed by atoms with Gasteiger partial charge in [0.2, 0.25) is 0 Å². The van der Waals surface area contributed by atoms with E-state index in [1.165, 1.54) is 6.92 Å². The fraction of sp³-hybridized carbons (Fsp3) is 0.333. The molecule has 0 aliphatic heterocycles. The summed E-state index contributed by atoms with van der Waals surface area (Å²) in [4.78, 5) is 22.2. The summed E-state index contributed by atoms with van der Waals surface area (Å²) in [6, 6.07) is 9.89. The van der Waals surface area contributed by atoms with Gasteiger partial charge in [-0.15, -0.1) is 5.10 Å². The van der Waals surface area contributed by atoms with Crippen molar-refractivity contribution in [3.05, 3.63) is 47.8 Å². The molecule has 0 unspecified atom stereocenters. The Morgan fingerprint density at radius 2 is 1.95 bits per heavy atom. The number of ketones is 1. The predicted molar refractivity (Wildman–Crippen MR) is 75.3 cm³/mol. The maximum Gasteiger partial charge on any atom is 0.306 e. The van der Waals surface area contributed by atoms with Crippen molar-refractivity contribution < 1.29 is 14.3 Å². The number of ether oxygens (including phenoxy) is 1. The van der Waals surface area contributed by atoms with E-state index in [1.807, 2.05) is 30.3 Å². The fourth-order valence-electron chi connectivity index (χ4n) is 1.76. The lowest BCUT2D eigenvalue weighted by Gasteiger charge is -2.01. The SMILES string of the molecule is CC(=O)CCC(=O)OCc1cn(Cc2ccccc2)nn1. The molecule has 1 aromatic heterocycles. The van der Waals surface area contributed by atoms with Crippen molar-refractivity contribution in [3.8, 4) is 0 Å². The quantitative estimate of drug-likeness (QED) is 0.725. The summed E-state index contributed by atoms with van der Waals surface area (Å²) < 4.78 is 6.72. The van der Waals surface area contributed by atoms with Crippen molar-refractivity contribution >= 4 is 11.8 Å². The van der Waals surface area contributed by atoms with E-state index in [0.29, 0.717) is 12.2 Å². The third-order valence-corrected chi connectivity index (χ3v) is 2.84. The molecule has 0 bridgehead atoms. The average Bonchev–Trinajstić information content (AvgIpc) is 2.91. The molecule has 0 N–H and O–H groups in total. The summed E-state index contributed by atoms with van der Waals surface area (Å²) >= 11 is 0. The van der Waals surface area contributed by atoms with Crippen LogP contribution in [0.1, 0.15) is 31.0 Å². The van der Waals surface area contributed by atoms with Crippen LogP contribution >= 0.6 is 0 Å². The minimum atomic E-state index is -0.400. The zero-order valence-corrected chi connectivity index (χ0v) is 11.9. The molecule has 0 aliphatic rings. The molecule has 0 aliphatic carbocycles. The van der Waals surface area contributed by atoms with Crippen LogP contribution in [-0.4, -0.2) is 26.7 Å². The molecule has 110 valence electrons. The van der Waals surface area contributed by atoms with Gasteiger partial charge in [-0.05, 0) is 12.5 Å². The molecule has 0 saturated heterocycles. The number of hydrogen-bond donors (Lipinski definition) is 0. The molecule has 6 heteroatoms. The van der Waals surface area contributed by atoms with Crippen molar-refractivity contribution in [1.82, 2.24) is 15.0 Å². The highest BCUT2D eigenvalue weighted by Crippen LogP contribution is 2.04. The van der Waals surface area contributed by atoms with Crippen molar-refractivity contribution in [1.29, 1.82) is 0 Å². The molecule has 0 radical (unpaired) electrons. The highest BCUT2D eigenvalue weighted by atomic mass is 16.5. The fourth-order valence-corrected chi connectivity index (χ4v) is 1.76. The van der Waals surface area contributed by atoms with Gasteiger partial charge in [-0.1, -0.05) is 35.5 Å². The predicted octanol–water partition coefficient (Wildman–Crippen LogP) is 1.74. The third kappa shape index (κ3) is 5.18. The Morgan fingerprint density at radius 3 is 2.67 bits per heavy atom. The molecule has 21 heavy (non-hydrogen) atoms. The van der Waals surface area contributed by atoms with Crippen molar-refractivity contribution in [2.45, 2.75) is 32.9 Å². The normalized spacial score (nSPS) is 10.3. The molecule has 0 amide bonds. The number of benzene rings is 1. The Balaban J connectivity index is 1.80. The van der Waals surface area contributed by atoms with Gasteiger partial charge in [0.05, 0.1) is 19.2 Å². The van der Waals surface area contributed by atoms with Crippen LogP contribution < -0.4 is 0 Å². The highest BCUT2D eigenvalue weighted by molar-refractivity contribution is 5.80. The van der Waals surface area contributed by atoms with Crippen LogP contribution in [0.5, 0.6) is 0 Å². The van der Waals surface area contributed by atoms with E-state index in [-0.39, 0.29) is 25.2 Å². The molecule has 6 nitrogen and oxygen atoms in total. The molecule has 0 spiro atoms. The van der Waals surface area contributed by atoms with E-state index in [9.17, 15) is 9.59 Å². The van der Waals surface area contributed by atoms with E-state index in [1.54, 1.807) is 10.9 Å². The topological polar surface area (TPSA) is 74.1 Å². The first-order chi connectivity index (χ1) is 10.1. The monoisotopic (exact) mass is 287 g/mol. The van der Waals surface area contributed by atoms with Gasteiger partial charge in [-0.2, -0.15) is 0 Å². The number of carbonyl (C=O) groups is 2. The number of carbonyl (C=O) groups excluding carboxylic acids is 2. The molecule has 2 rings (SSSR count). The maximum atomic E-state index is 11.4. The molecule has 1 aromatic carbocycles. The Kier molecular flexibility index (Phi) is 5.20. The minimum Gasteiger partial charge on any atom is -0.459 e. The van der Waals surface area contributed by atoms with Crippen LogP contribution in [0, 0.1) is 0 Å².